The topological polar surface area (TPSA) is 81.9 Å². The van der Waals surface area contributed by atoms with Crippen LogP contribution in [0.15, 0.2) is 53.8 Å². The number of pyridine rings is 1. The second kappa shape index (κ2) is 9.32. The molecule has 0 radical (unpaired) electrons. The zero-order chi connectivity index (χ0) is 19.9. The highest BCUT2D eigenvalue weighted by Gasteiger charge is 2.18. The van der Waals surface area contributed by atoms with Crippen LogP contribution >= 0.6 is 11.8 Å². The molecule has 3 aromatic rings. The van der Waals surface area contributed by atoms with Gasteiger partial charge >= 0.3 is 0 Å². The van der Waals surface area contributed by atoms with Crippen molar-refractivity contribution >= 4 is 17.7 Å². The van der Waals surface area contributed by atoms with Crippen LogP contribution in [0.5, 0.6) is 5.75 Å². The van der Waals surface area contributed by atoms with E-state index in [1.807, 2.05) is 18.5 Å². The minimum atomic E-state index is -0.322. The lowest BCUT2D eigenvalue weighted by atomic mass is 10.2. The van der Waals surface area contributed by atoms with E-state index in [0.29, 0.717) is 29.6 Å². The molecule has 0 spiro atoms. The van der Waals surface area contributed by atoms with E-state index in [2.05, 4.69) is 20.5 Å². The van der Waals surface area contributed by atoms with E-state index in [4.69, 9.17) is 4.74 Å². The largest absolute Gasteiger partial charge is 0.493 e. The Bertz CT molecular complexity index is 918. The molecule has 2 heterocycles. The number of carbonyl (C=O) groups is 1. The highest BCUT2D eigenvalue weighted by molar-refractivity contribution is 7.99. The van der Waals surface area contributed by atoms with E-state index in [1.54, 1.807) is 36.5 Å². The lowest BCUT2D eigenvalue weighted by molar-refractivity contribution is 0.0932. The van der Waals surface area contributed by atoms with E-state index in [-0.39, 0.29) is 17.8 Å². The minimum Gasteiger partial charge on any atom is -0.493 e. The van der Waals surface area contributed by atoms with Crippen molar-refractivity contribution in [1.82, 2.24) is 25.1 Å². The predicted octanol–water partition coefficient (Wildman–Crippen LogP) is 3.01. The first-order chi connectivity index (χ1) is 13.5. The third kappa shape index (κ3) is 5.07. The molecule has 2 aromatic heterocycles. The molecule has 1 amide bonds. The molecule has 28 heavy (non-hydrogen) atoms. The molecule has 7 nitrogen and oxygen atoms in total. The van der Waals surface area contributed by atoms with E-state index >= 15 is 0 Å². The lowest BCUT2D eigenvalue weighted by Crippen LogP contribution is -2.29. The smallest absolute Gasteiger partial charge is 0.270 e. The zero-order valence-corrected chi connectivity index (χ0v) is 16.3. The maximum absolute atomic E-state index is 12.9. The second-order valence-corrected chi connectivity index (χ2v) is 7.02. The van der Waals surface area contributed by atoms with Gasteiger partial charge in [-0.1, -0.05) is 17.8 Å². The van der Waals surface area contributed by atoms with E-state index < -0.39 is 0 Å². The Morgan fingerprint density at radius 2 is 2.04 bits per heavy atom. The fraction of sp³-hybridized carbons (Fsp3) is 0.263. The fourth-order valence-electron chi connectivity index (χ4n) is 2.48. The fourth-order valence-corrected chi connectivity index (χ4v) is 3.22. The molecule has 146 valence electrons. The average molecular weight is 401 g/mol. The van der Waals surface area contributed by atoms with Crippen molar-refractivity contribution in [3.8, 4) is 5.75 Å². The van der Waals surface area contributed by atoms with Crippen LogP contribution in [0.4, 0.5) is 4.39 Å². The van der Waals surface area contributed by atoms with Crippen LogP contribution in [0.25, 0.3) is 0 Å². The Balaban J connectivity index is 1.51. The number of nitrogens with one attached hydrogen (secondary N) is 1. The number of aromatic nitrogens is 4. The summed E-state index contributed by atoms with van der Waals surface area (Å²) in [5, 5.41) is 12.0. The van der Waals surface area contributed by atoms with Gasteiger partial charge in [0.15, 0.2) is 11.0 Å². The molecule has 1 atom stereocenters. The van der Waals surface area contributed by atoms with Crippen LogP contribution in [-0.2, 0) is 7.05 Å². The molecule has 0 saturated carbocycles. The van der Waals surface area contributed by atoms with Crippen molar-refractivity contribution in [2.24, 2.45) is 7.05 Å². The van der Waals surface area contributed by atoms with Crippen LogP contribution in [-0.4, -0.2) is 38.0 Å². The van der Waals surface area contributed by atoms with Gasteiger partial charge in [-0.3, -0.25) is 9.78 Å². The first-order valence-electron chi connectivity index (χ1n) is 8.67. The lowest BCUT2D eigenvalue weighted by Gasteiger charge is -2.13. The summed E-state index contributed by atoms with van der Waals surface area (Å²) in [4.78, 5) is 16.3. The van der Waals surface area contributed by atoms with E-state index in [9.17, 15) is 9.18 Å². The van der Waals surface area contributed by atoms with Crippen molar-refractivity contribution in [3.05, 3.63) is 66.0 Å². The number of thioether (sulfide) groups is 1. The third-order valence-electron chi connectivity index (χ3n) is 3.90. The molecule has 0 unspecified atom stereocenters. The van der Waals surface area contributed by atoms with Gasteiger partial charge in [0.05, 0.1) is 12.6 Å². The van der Waals surface area contributed by atoms with Gasteiger partial charge in [-0.15, -0.1) is 10.2 Å². The summed E-state index contributed by atoms with van der Waals surface area (Å²) in [6.45, 7) is 2.29. The standard InChI is InChI=1S/C19H20FN5O2S/c1-13(22-18(26)16-5-3-4-10-21-16)17-23-24-19(25(17)2)28-12-11-27-15-8-6-14(20)7-9-15/h3-10,13H,11-12H2,1-2H3,(H,22,26)/t13-/m0/s1. The number of hydrogen-bond donors (Lipinski definition) is 1. The Labute approximate surface area is 166 Å². The van der Waals surface area contributed by atoms with Crippen LogP contribution in [0.3, 0.4) is 0 Å². The van der Waals surface area contributed by atoms with Gasteiger partial charge in [0.2, 0.25) is 0 Å². The SMILES string of the molecule is C[C@H](NC(=O)c1ccccn1)c1nnc(SCCOc2ccc(F)cc2)n1C. The zero-order valence-electron chi connectivity index (χ0n) is 15.5. The van der Waals surface area contributed by atoms with Gasteiger partial charge in [0.1, 0.15) is 17.3 Å². The third-order valence-corrected chi connectivity index (χ3v) is 4.88. The summed E-state index contributed by atoms with van der Waals surface area (Å²) in [6, 6.07) is 10.7. The Kier molecular flexibility index (Phi) is 6.59. The number of amides is 1. The highest BCUT2D eigenvalue weighted by atomic mass is 32.2. The van der Waals surface area contributed by atoms with Crippen LogP contribution in [0.2, 0.25) is 0 Å². The second-order valence-electron chi connectivity index (χ2n) is 5.96. The molecule has 0 aliphatic rings. The number of ether oxygens (including phenoxy) is 1. The normalized spacial score (nSPS) is 11.8. The molecule has 9 heteroatoms. The summed E-state index contributed by atoms with van der Waals surface area (Å²) < 4.78 is 20.3. The maximum Gasteiger partial charge on any atom is 0.270 e. The van der Waals surface area contributed by atoms with Crippen molar-refractivity contribution in [1.29, 1.82) is 0 Å². The molecule has 1 aromatic carbocycles. The molecule has 0 aliphatic heterocycles. The van der Waals surface area contributed by atoms with Crippen LogP contribution < -0.4 is 10.1 Å². The molecule has 0 bridgehead atoms. The van der Waals surface area contributed by atoms with Crippen molar-refractivity contribution in [3.63, 3.8) is 0 Å². The molecule has 1 N–H and O–H groups in total. The van der Waals surface area contributed by atoms with Crippen LogP contribution in [0.1, 0.15) is 29.3 Å². The quantitative estimate of drug-likeness (QED) is 0.462. The van der Waals surface area contributed by atoms with Gasteiger partial charge in [-0.05, 0) is 43.3 Å². The van der Waals surface area contributed by atoms with E-state index in [1.165, 1.54) is 23.9 Å². The summed E-state index contributed by atoms with van der Waals surface area (Å²) in [7, 11) is 1.85. The maximum atomic E-state index is 12.9. The van der Waals surface area contributed by atoms with Crippen molar-refractivity contribution in [2.75, 3.05) is 12.4 Å². The molecular formula is C19H20FN5O2S. The summed E-state index contributed by atoms with van der Waals surface area (Å²) >= 11 is 1.49. The number of hydrogen-bond acceptors (Lipinski definition) is 6. The van der Waals surface area contributed by atoms with Gasteiger partial charge in [-0.25, -0.2) is 4.39 Å². The predicted molar refractivity (Wildman–Crippen MR) is 104 cm³/mol. The molecular weight excluding hydrogens is 381 g/mol. The number of nitrogens with zero attached hydrogens (tertiary/aromatic N) is 4. The highest BCUT2D eigenvalue weighted by Crippen LogP contribution is 2.20. The van der Waals surface area contributed by atoms with Gasteiger partial charge in [-0.2, -0.15) is 0 Å². The monoisotopic (exact) mass is 401 g/mol. The van der Waals surface area contributed by atoms with Crippen molar-refractivity contribution in [2.45, 2.75) is 18.1 Å². The molecule has 3 rings (SSSR count). The Morgan fingerprint density at radius 3 is 2.75 bits per heavy atom. The molecule has 0 aliphatic carbocycles. The average Bonchev–Trinajstić information content (AvgIpc) is 3.08. The van der Waals surface area contributed by atoms with Gasteiger partial charge in [0, 0.05) is 19.0 Å². The van der Waals surface area contributed by atoms with Crippen LogP contribution in [0, 0.1) is 5.82 Å². The minimum absolute atomic E-state index is 0.266. The number of rotatable bonds is 8. The van der Waals surface area contributed by atoms with Gasteiger partial charge < -0.3 is 14.6 Å². The number of carbonyl (C=O) groups excluding carboxylic acids is 1. The first-order valence-corrected chi connectivity index (χ1v) is 9.65. The van der Waals surface area contributed by atoms with Crippen molar-refractivity contribution < 1.29 is 13.9 Å². The Morgan fingerprint density at radius 1 is 1.25 bits per heavy atom. The summed E-state index contributed by atoms with van der Waals surface area (Å²) in [5.74, 6) is 1.35. The Hall–Kier alpha value is -2.94. The summed E-state index contributed by atoms with van der Waals surface area (Å²) in [6.07, 6.45) is 1.57. The van der Waals surface area contributed by atoms with E-state index in [0.717, 1.165) is 5.16 Å². The number of benzene rings is 1. The molecule has 0 fully saturated rings. The number of halogens is 1. The first kappa shape index (κ1) is 19.8. The van der Waals surface area contributed by atoms with Gasteiger partial charge in [0.25, 0.3) is 5.91 Å². The molecule has 0 saturated heterocycles. The summed E-state index contributed by atoms with van der Waals surface area (Å²) in [5.41, 5.74) is 0.351.